The average Bonchev–Trinajstić information content (AvgIpc) is 2.90. The molecule has 0 aliphatic carbocycles. The normalized spacial score (nSPS) is 24.3. The molecule has 0 bridgehead atoms. The third kappa shape index (κ3) is 2.54. The van der Waals surface area contributed by atoms with Crippen molar-refractivity contribution in [2.45, 2.75) is 26.3 Å². The molecule has 2 atom stereocenters. The number of benzene rings is 2. The first-order chi connectivity index (χ1) is 9.99. The van der Waals surface area contributed by atoms with Crippen LogP contribution < -0.4 is 0 Å². The molecule has 1 saturated heterocycles. The number of carboxylic acid groups (broad SMARTS) is 1. The first kappa shape index (κ1) is 14.1. The molecule has 2 aromatic carbocycles. The number of fused-ring (bicyclic) bond motifs is 1. The van der Waals surface area contributed by atoms with E-state index in [2.05, 4.69) is 42.2 Å². The Balaban J connectivity index is 1.84. The van der Waals surface area contributed by atoms with E-state index in [4.69, 9.17) is 0 Å². The standard InChI is InChI=1S/C18H21NO2/c1-13(19-10-9-18(2,12-19)17(20)21)15-8-7-14-5-3-4-6-16(14)11-15/h3-8,11,13H,9-10,12H2,1-2H3,(H,20,21). The van der Waals surface area contributed by atoms with Gasteiger partial charge in [0.05, 0.1) is 5.41 Å². The van der Waals surface area contributed by atoms with Crippen molar-refractivity contribution in [2.24, 2.45) is 5.41 Å². The van der Waals surface area contributed by atoms with Gasteiger partial charge in [0.15, 0.2) is 0 Å². The van der Waals surface area contributed by atoms with Crippen molar-refractivity contribution in [3.63, 3.8) is 0 Å². The van der Waals surface area contributed by atoms with Crippen molar-refractivity contribution in [1.29, 1.82) is 0 Å². The van der Waals surface area contributed by atoms with Crippen LogP contribution in [0.2, 0.25) is 0 Å². The molecule has 1 fully saturated rings. The summed E-state index contributed by atoms with van der Waals surface area (Å²) in [6, 6.07) is 15.1. The predicted octanol–water partition coefficient (Wildman–Crippen LogP) is 3.70. The summed E-state index contributed by atoms with van der Waals surface area (Å²) in [4.78, 5) is 13.7. The van der Waals surface area contributed by atoms with Gasteiger partial charge in [0.25, 0.3) is 0 Å². The van der Waals surface area contributed by atoms with Gasteiger partial charge < -0.3 is 5.11 Å². The molecule has 21 heavy (non-hydrogen) atoms. The summed E-state index contributed by atoms with van der Waals surface area (Å²) in [5.41, 5.74) is 0.647. The van der Waals surface area contributed by atoms with Gasteiger partial charge in [-0.05, 0) is 49.2 Å². The zero-order valence-corrected chi connectivity index (χ0v) is 12.5. The monoisotopic (exact) mass is 283 g/mol. The van der Waals surface area contributed by atoms with Gasteiger partial charge in [0.2, 0.25) is 0 Å². The maximum absolute atomic E-state index is 11.4. The van der Waals surface area contributed by atoms with Gasteiger partial charge >= 0.3 is 5.97 Å². The molecular weight excluding hydrogens is 262 g/mol. The number of nitrogens with zero attached hydrogens (tertiary/aromatic N) is 1. The van der Waals surface area contributed by atoms with E-state index in [1.807, 2.05) is 19.1 Å². The number of aliphatic carboxylic acids is 1. The van der Waals surface area contributed by atoms with E-state index in [0.717, 1.165) is 13.0 Å². The Hall–Kier alpha value is -1.87. The lowest BCUT2D eigenvalue weighted by atomic mass is 9.90. The molecule has 0 radical (unpaired) electrons. The van der Waals surface area contributed by atoms with Crippen molar-refractivity contribution < 1.29 is 9.90 Å². The Morgan fingerprint density at radius 1 is 1.24 bits per heavy atom. The van der Waals surface area contributed by atoms with E-state index in [1.165, 1.54) is 16.3 Å². The van der Waals surface area contributed by atoms with E-state index in [1.54, 1.807) is 0 Å². The van der Waals surface area contributed by atoms with Crippen LogP contribution in [0.1, 0.15) is 31.9 Å². The Morgan fingerprint density at radius 3 is 2.62 bits per heavy atom. The second-order valence-electron chi connectivity index (χ2n) is 6.37. The largest absolute Gasteiger partial charge is 0.481 e. The number of carbonyl (C=O) groups is 1. The number of hydrogen-bond acceptors (Lipinski definition) is 2. The van der Waals surface area contributed by atoms with Gasteiger partial charge in [-0.25, -0.2) is 0 Å². The maximum atomic E-state index is 11.4. The van der Waals surface area contributed by atoms with Crippen LogP contribution >= 0.6 is 0 Å². The van der Waals surface area contributed by atoms with E-state index in [-0.39, 0.29) is 6.04 Å². The minimum atomic E-state index is -0.685. The van der Waals surface area contributed by atoms with Gasteiger partial charge in [0.1, 0.15) is 0 Å². The van der Waals surface area contributed by atoms with Crippen LogP contribution in [0.4, 0.5) is 0 Å². The Bertz CT molecular complexity index is 682. The Kier molecular flexibility index (Phi) is 3.46. The molecule has 2 unspecified atom stereocenters. The molecule has 3 rings (SSSR count). The third-order valence-corrected chi connectivity index (χ3v) is 4.82. The third-order valence-electron chi connectivity index (χ3n) is 4.82. The molecule has 1 N–H and O–H groups in total. The minimum absolute atomic E-state index is 0.246. The van der Waals surface area contributed by atoms with Crippen LogP contribution in [0.25, 0.3) is 10.8 Å². The van der Waals surface area contributed by atoms with Crippen molar-refractivity contribution >= 4 is 16.7 Å². The highest BCUT2D eigenvalue weighted by atomic mass is 16.4. The van der Waals surface area contributed by atoms with Crippen molar-refractivity contribution in [2.75, 3.05) is 13.1 Å². The van der Waals surface area contributed by atoms with Crippen LogP contribution in [0, 0.1) is 5.41 Å². The summed E-state index contributed by atoms with van der Waals surface area (Å²) in [6.07, 6.45) is 0.722. The number of hydrogen-bond donors (Lipinski definition) is 1. The fourth-order valence-corrected chi connectivity index (χ4v) is 3.18. The molecular formula is C18H21NO2. The predicted molar refractivity (Wildman–Crippen MR) is 84.3 cm³/mol. The van der Waals surface area contributed by atoms with Crippen LogP contribution in [0.5, 0.6) is 0 Å². The quantitative estimate of drug-likeness (QED) is 0.933. The van der Waals surface area contributed by atoms with Gasteiger partial charge in [-0.15, -0.1) is 0 Å². The second-order valence-corrected chi connectivity index (χ2v) is 6.37. The van der Waals surface area contributed by atoms with Crippen LogP contribution in [0.15, 0.2) is 42.5 Å². The highest BCUT2D eigenvalue weighted by molar-refractivity contribution is 5.83. The lowest BCUT2D eigenvalue weighted by Gasteiger charge is -2.26. The smallest absolute Gasteiger partial charge is 0.310 e. The fourth-order valence-electron chi connectivity index (χ4n) is 3.18. The maximum Gasteiger partial charge on any atom is 0.310 e. The van der Waals surface area contributed by atoms with Crippen LogP contribution in [0.3, 0.4) is 0 Å². The summed E-state index contributed by atoms with van der Waals surface area (Å²) in [5.74, 6) is -0.685. The molecule has 2 aromatic rings. The second kappa shape index (κ2) is 5.15. The van der Waals surface area contributed by atoms with E-state index in [0.29, 0.717) is 6.54 Å². The highest BCUT2D eigenvalue weighted by Gasteiger charge is 2.41. The molecule has 0 saturated carbocycles. The Morgan fingerprint density at radius 2 is 1.95 bits per heavy atom. The molecule has 1 aliphatic heterocycles. The lowest BCUT2D eigenvalue weighted by Crippen LogP contribution is -2.32. The lowest BCUT2D eigenvalue weighted by molar-refractivity contribution is -0.147. The van der Waals surface area contributed by atoms with Crippen LogP contribution in [-0.4, -0.2) is 29.1 Å². The minimum Gasteiger partial charge on any atom is -0.481 e. The van der Waals surface area contributed by atoms with Gasteiger partial charge in [-0.3, -0.25) is 9.69 Å². The highest BCUT2D eigenvalue weighted by Crippen LogP contribution is 2.35. The number of rotatable bonds is 3. The van der Waals surface area contributed by atoms with Gasteiger partial charge in [-0.1, -0.05) is 36.4 Å². The van der Waals surface area contributed by atoms with Gasteiger partial charge in [0, 0.05) is 12.6 Å². The zero-order valence-electron chi connectivity index (χ0n) is 12.5. The van der Waals surface area contributed by atoms with Crippen molar-refractivity contribution in [3.05, 3.63) is 48.0 Å². The fraction of sp³-hybridized carbons (Fsp3) is 0.389. The van der Waals surface area contributed by atoms with E-state index in [9.17, 15) is 9.90 Å². The summed E-state index contributed by atoms with van der Waals surface area (Å²) in [7, 11) is 0. The van der Waals surface area contributed by atoms with Crippen LogP contribution in [-0.2, 0) is 4.79 Å². The van der Waals surface area contributed by atoms with Crippen molar-refractivity contribution in [3.8, 4) is 0 Å². The first-order valence-corrected chi connectivity index (χ1v) is 7.46. The molecule has 1 heterocycles. The molecule has 110 valence electrons. The van der Waals surface area contributed by atoms with E-state index >= 15 is 0 Å². The van der Waals surface area contributed by atoms with E-state index < -0.39 is 11.4 Å². The molecule has 0 aromatic heterocycles. The summed E-state index contributed by atoms with van der Waals surface area (Å²) < 4.78 is 0. The average molecular weight is 283 g/mol. The molecule has 3 nitrogen and oxygen atoms in total. The summed E-state index contributed by atoms with van der Waals surface area (Å²) in [6.45, 7) is 5.48. The van der Waals surface area contributed by atoms with Crippen molar-refractivity contribution in [1.82, 2.24) is 4.90 Å². The summed E-state index contributed by atoms with van der Waals surface area (Å²) in [5, 5.41) is 11.8. The Labute approximate surface area is 125 Å². The molecule has 3 heteroatoms. The zero-order chi connectivity index (χ0) is 15.0. The number of carboxylic acids is 1. The molecule has 1 aliphatic rings. The SMILES string of the molecule is CC(c1ccc2ccccc2c1)N1CCC(C)(C(=O)O)C1. The number of likely N-dealkylation sites (tertiary alicyclic amines) is 1. The summed E-state index contributed by atoms with van der Waals surface area (Å²) >= 11 is 0. The molecule has 0 spiro atoms. The van der Waals surface area contributed by atoms with Gasteiger partial charge in [-0.2, -0.15) is 0 Å². The molecule has 0 amide bonds. The topological polar surface area (TPSA) is 40.5 Å². The first-order valence-electron chi connectivity index (χ1n) is 7.46.